The van der Waals surface area contributed by atoms with E-state index in [2.05, 4.69) is 18.7 Å². The van der Waals surface area contributed by atoms with Crippen LogP contribution in [0.1, 0.15) is 51.7 Å². The molecule has 0 unspecified atom stereocenters. The zero-order valence-electron chi connectivity index (χ0n) is 12.1. The highest BCUT2D eigenvalue weighted by atomic mass is 19.1. The van der Waals surface area contributed by atoms with Crippen LogP contribution in [-0.2, 0) is 0 Å². The largest absolute Gasteiger partial charge is 0.389 e. The van der Waals surface area contributed by atoms with Crippen molar-refractivity contribution in [3.05, 3.63) is 29.6 Å². The van der Waals surface area contributed by atoms with Crippen LogP contribution in [0.2, 0.25) is 0 Å². The maximum atomic E-state index is 14.2. The number of anilines is 1. The van der Waals surface area contributed by atoms with Crippen molar-refractivity contribution in [2.45, 2.75) is 46.1 Å². The van der Waals surface area contributed by atoms with Crippen molar-refractivity contribution in [3.63, 3.8) is 0 Å². The smallest absolute Gasteiger partial charge is 0.146 e. The summed E-state index contributed by atoms with van der Waals surface area (Å²) in [6.07, 6.45) is 2.76. The summed E-state index contributed by atoms with van der Waals surface area (Å²) in [6.45, 7) is 8.03. The van der Waals surface area contributed by atoms with Crippen LogP contribution in [0.5, 0.6) is 0 Å². The number of rotatable bonds is 2. The van der Waals surface area contributed by atoms with Gasteiger partial charge in [0, 0.05) is 13.1 Å². The molecule has 2 nitrogen and oxygen atoms in total. The number of aliphatic hydroxyl groups is 1. The minimum absolute atomic E-state index is 0.224. The van der Waals surface area contributed by atoms with Gasteiger partial charge in [0.1, 0.15) is 5.82 Å². The zero-order valence-corrected chi connectivity index (χ0v) is 12.1. The van der Waals surface area contributed by atoms with E-state index in [0.29, 0.717) is 16.7 Å². The number of hydrogen-bond donors (Lipinski definition) is 1. The molecule has 1 atom stereocenters. The highest BCUT2D eigenvalue weighted by Crippen LogP contribution is 2.33. The lowest BCUT2D eigenvalue weighted by Crippen LogP contribution is -2.26. The first-order valence-electron chi connectivity index (χ1n) is 7.11. The Labute approximate surface area is 115 Å². The van der Waals surface area contributed by atoms with Crippen LogP contribution in [0.4, 0.5) is 10.1 Å². The molecule has 0 aliphatic carbocycles. The van der Waals surface area contributed by atoms with Crippen LogP contribution < -0.4 is 4.90 Å². The Balaban J connectivity index is 2.18. The lowest BCUT2D eigenvalue weighted by atomic mass is 9.85. The molecule has 1 N–H and O–H groups in total. The second-order valence-corrected chi connectivity index (χ2v) is 6.39. The van der Waals surface area contributed by atoms with E-state index >= 15 is 0 Å². The van der Waals surface area contributed by atoms with Crippen LogP contribution in [0.15, 0.2) is 18.2 Å². The summed E-state index contributed by atoms with van der Waals surface area (Å²) in [6, 6.07) is 5.07. The van der Waals surface area contributed by atoms with E-state index in [4.69, 9.17) is 0 Å². The maximum Gasteiger partial charge on any atom is 0.146 e. The first kappa shape index (κ1) is 14.3. The Kier molecular flexibility index (Phi) is 4.14. The fraction of sp³-hybridized carbons (Fsp3) is 0.625. The molecular weight excluding hydrogens is 241 g/mol. The van der Waals surface area contributed by atoms with Gasteiger partial charge in [-0.2, -0.15) is 0 Å². The van der Waals surface area contributed by atoms with Gasteiger partial charge in [-0.15, -0.1) is 0 Å². The van der Waals surface area contributed by atoms with Gasteiger partial charge in [0.05, 0.1) is 11.8 Å². The summed E-state index contributed by atoms with van der Waals surface area (Å²) in [5.41, 5.74) is 1.66. The minimum Gasteiger partial charge on any atom is -0.389 e. The van der Waals surface area contributed by atoms with Gasteiger partial charge in [-0.1, -0.05) is 19.9 Å². The Morgan fingerprint density at radius 2 is 2.00 bits per heavy atom. The van der Waals surface area contributed by atoms with E-state index in [1.165, 1.54) is 12.5 Å². The van der Waals surface area contributed by atoms with Crippen LogP contribution in [-0.4, -0.2) is 18.2 Å². The Morgan fingerprint density at radius 3 is 2.63 bits per heavy atom. The van der Waals surface area contributed by atoms with Gasteiger partial charge in [-0.25, -0.2) is 4.39 Å². The van der Waals surface area contributed by atoms with Crippen LogP contribution in [0.25, 0.3) is 0 Å². The first-order valence-corrected chi connectivity index (χ1v) is 7.11. The third-order valence-electron chi connectivity index (χ3n) is 4.13. The molecule has 0 radical (unpaired) electrons. The third kappa shape index (κ3) is 3.47. The van der Waals surface area contributed by atoms with Gasteiger partial charge >= 0.3 is 0 Å². The van der Waals surface area contributed by atoms with Crippen LogP contribution in [0, 0.1) is 11.2 Å². The number of hydrogen-bond acceptors (Lipinski definition) is 2. The molecule has 1 aliphatic heterocycles. The highest BCUT2D eigenvalue weighted by molar-refractivity contribution is 5.49. The predicted octanol–water partition coefficient (Wildman–Crippen LogP) is 3.90. The Morgan fingerprint density at radius 1 is 1.26 bits per heavy atom. The van der Waals surface area contributed by atoms with E-state index in [9.17, 15) is 9.50 Å². The van der Waals surface area contributed by atoms with Crippen molar-refractivity contribution in [2.24, 2.45) is 5.41 Å². The second kappa shape index (κ2) is 5.49. The second-order valence-electron chi connectivity index (χ2n) is 6.39. The molecule has 0 amide bonds. The third-order valence-corrected chi connectivity index (χ3v) is 4.13. The molecule has 0 saturated carbocycles. The normalized spacial score (nSPS) is 21.0. The van der Waals surface area contributed by atoms with Crippen LogP contribution in [0.3, 0.4) is 0 Å². The SMILES string of the molecule is C[C@@H](O)c1ccc(N2CCCC(C)(C)CC2)c(F)c1. The predicted molar refractivity (Wildman–Crippen MR) is 76.9 cm³/mol. The molecule has 1 saturated heterocycles. The number of benzene rings is 1. The van der Waals surface area contributed by atoms with Crippen molar-refractivity contribution in [1.29, 1.82) is 0 Å². The number of halogens is 1. The molecule has 106 valence electrons. The summed E-state index contributed by atoms with van der Waals surface area (Å²) in [5, 5.41) is 9.48. The lowest BCUT2D eigenvalue weighted by Gasteiger charge is -2.25. The molecule has 19 heavy (non-hydrogen) atoms. The van der Waals surface area contributed by atoms with E-state index in [1.54, 1.807) is 13.0 Å². The fourth-order valence-electron chi connectivity index (χ4n) is 2.70. The first-order chi connectivity index (χ1) is 8.89. The molecule has 0 spiro atoms. The quantitative estimate of drug-likeness (QED) is 0.876. The van der Waals surface area contributed by atoms with Gasteiger partial charge in [0.25, 0.3) is 0 Å². The summed E-state index contributed by atoms with van der Waals surface area (Å²) in [5.74, 6) is -0.224. The van der Waals surface area contributed by atoms with Crippen molar-refractivity contribution >= 4 is 5.69 Å². The average Bonchev–Trinajstić information content (AvgIpc) is 2.50. The van der Waals surface area contributed by atoms with Gasteiger partial charge in [-0.3, -0.25) is 0 Å². The van der Waals surface area contributed by atoms with Gasteiger partial charge in [0.15, 0.2) is 0 Å². The Bertz CT molecular complexity index is 442. The fourth-order valence-corrected chi connectivity index (χ4v) is 2.70. The van der Waals surface area contributed by atoms with Gasteiger partial charge in [0.2, 0.25) is 0 Å². The summed E-state index contributed by atoms with van der Waals surface area (Å²) in [7, 11) is 0. The number of aliphatic hydroxyl groups excluding tert-OH is 1. The van der Waals surface area contributed by atoms with Gasteiger partial charge < -0.3 is 10.0 Å². The van der Waals surface area contributed by atoms with E-state index < -0.39 is 6.10 Å². The molecule has 1 aromatic carbocycles. The number of nitrogens with zero attached hydrogens (tertiary/aromatic N) is 1. The molecule has 1 fully saturated rings. The molecule has 0 bridgehead atoms. The molecule has 1 heterocycles. The van der Waals surface area contributed by atoms with E-state index in [-0.39, 0.29) is 5.82 Å². The van der Waals surface area contributed by atoms with Gasteiger partial charge in [-0.05, 0) is 49.3 Å². The van der Waals surface area contributed by atoms with E-state index in [0.717, 1.165) is 25.9 Å². The topological polar surface area (TPSA) is 23.5 Å². The van der Waals surface area contributed by atoms with Crippen molar-refractivity contribution in [2.75, 3.05) is 18.0 Å². The monoisotopic (exact) mass is 265 g/mol. The molecule has 0 aromatic heterocycles. The lowest BCUT2D eigenvalue weighted by molar-refractivity contribution is 0.199. The molecule has 3 heteroatoms. The molecule has 1 aromatic rings. The maximum absolute atomic E-state index is 14.2. The Hall–Kier alpha value is -1.09. The standard InChI is InChI=1S/C16H24FNO/c1-12(19)13-5-6-15(14(17)11-13)18-9-4-7-16(2,3)8-10-18/h5-6,11-12,19H,4,7-10H2,1-3H3/t12-/m1/s1. The average molecular weight is 265 g/mol. The minimum atomic E-state index is -0.619. The zero-order chi connectivity index (χ0) is 14.0. The van der Waals surface area contributed by atoms with Crippen molar-refractivity contribution in [1.82, 2.24) is 0 Å². The summed E-state index contributed by atoms with van der Waals surface area (Å²) >= 11 is 0. The molecular formula is C16H24FNO. The van der Waals surface area contributed by atoms with E-state index in [1.807, 2.05) is 6.07 Å². The summed E-state index contributed by atoms with van der Waals surface area (Å²) in [4.78, 5) is 2.13. The molecule has 1 aliphatic rings. The van der Waals surface area contributed by atoms with Crippen molar-refractivity contribution < 1.29 is 9.50 Å². The van der Waals surface area contributed by atoms with Crippen LogP contribution >= 0.6 is 0 Å². The molecule has 2 rings (SSSR count). The van der Waals surface area contributed by atoms with Crippen molar-refractivity contribution in [3.8, 4) is 0 Å². The summed E-state index contributed by atoms with van der Waals surface area (Å²) < 4.78 is 14.2. The highest BCUT2D eigenvalue weighted by Gasteiger charge is 2.24.